The number of amides is 1. The van der Waals surface area contributed by atoms with Gasteiger partial charge in [-0.05, 0) is 42.1 Å². The van der Waals surface area contributed by atoms with Crippen LogP contribution in [-0.2, 0) is 11.0 Å². The molecule has 27 heavy (non-hydrogen) atoms. The minimum absolute atomic E-state index is 0.0499. The van der Waals surface area contributed by atoms with Crippen molar-refractivity contribution in [2.24, 2.45) is 4.99 Å². The van der Waals surface area contributed by atoms with Crippen molar-refractivity contribution >= 4 is 46.2 Å². The predicted octanol–water partition coefficient (Wildman–Crippen LogP) is 5.26. The second-order valence-corrected chi connectivity index (χ2v) is 6.85. The Kier molecular flexibility index (Phi) is 5.48. The van der Waals surface area contributed by atoms with Gasteiger partial charge in [0, 0.05) is 10.6 Å². The molecule has 0 unspecified atom stereocenters. The number of benzene rings is 2. The van der Waals surface area contributed by atoms with Crippen LogP contribution in [0.5, 0.6) is 5.75 Å². The number of alkyl halides is 3. The molecule has 3 rings (SSSR count). The first-order valence-electron chi connectivity index (χ1n) is 7.57. The number of carbonyl (C=O) groups excluding carboxylic acids is 1. The molecule has 4 nitrogen and oxygen atoms in total. The number of thioether (sulfide) groups is 1. The molecule has 2 aromatic carbocycles. The molecule has 0 atom stereocenters. The van der Waals surface area contributed by atoms with Crippen LogP contribution in [0, 0.1) is 0 Å². The summed E-state index contributed by atoms with van der Waals surface area (Å²) in [6, 6.07) is 10.3. The molecule has 1 aliphatic rings. The van der Waals surface area contributed by atoms with Crippen molar-refractivity contribution in [1.82, 2.24) is 5.32 Å². The number of ether oxygens (including phenoxy) is 1. The SMILES string of the molecule is COc1ccccc1C=C1SC(=Nc2ccc(Cl)cc2C(F)(F)F)NC1=O. The lowest BCUT2D eigenvalue weighted by atomic mass is 10.2. The van der Waals surface area contributed by atoms with Gasteiger partial charge in [-0.2, -0.15) is 13.2 Å². The normalized spacial score (nSPS) is 17.4. The smallest absolute Gasteiger partial charge is 0.418 e. The molecule has 0 aliphatic carbocycles. The Balaban J connectivity index is 1.93. The molecule has 1 fully saturated rings. The van der Waals surface area contributed by atoms with Crippen LogP contribution in [0.25, 0.3) is 6.08 Å². The molecule has 1 heterocycles. The molecule has 1 amide bonds. The number of carbonyl (C=O) groups is 1. The summed E-state index contributed by atoms with van der Waals surface area (Å²) in [5, 5.41) is 2.47. The summed E-state index contributed by atoms with van der Waals surface area (Å²) in [4.78, 5) is 16.4. The summed E-state index contributed by atoms with van der Waals surface area (Å²) in [6.45, 7) is 0. The number of halogens is 4. The zero-order valence-corrected chi connectivity index (χ0v) is 15.4. The topological polar surface area (TPSA) is 50.7 Å². The maximum Gasteiger partial charge on any atom is 0.418 e. The Labute approximate surface area is 162 Å². The number of amidine groups is 1. The quantitative estimate of drug-likeness (QED) is 0.700. The number of methoxy groups -OCH3 is 1. The highest BCUT2D eigenvalue weighted by Gasteiger charge is 2.34. The average Bonchev–Trinajstić information content (AvgIpc) is 2.95. The van der Waals surface area contributed by atoms with E-state index in [0.29, 0.717) is 16.2 Å². The highest BCUT2D eigenvalue weighted by atomic mass is 35.5. The average molecular weight is 413 g/mol. The fourth-order valence-electron chi connectivity index (χ4n) is 2.35. The van der Waals surface area contributed by atoms with Crippen LogP contribution < -0.4 is 10.1 Å². The van der Waals surface area contributed by atoms with Crippen molar-refractivity contribution in [2.75, 3.05) is 7.11 Å². The minimum Gasteiger partial charge on any atom is -0.496 e. The lowest BCUT2D eigenvalue weighted by Gasteiger charge is -2.10. The Morgan fingerprint density at radius 1 is 1.22 bits per heavy atom. The van der Waals surface area contributed by atoms with Crippen LogP contribution in [-0.4, -0.2) is 18.2 Å². The van der Waals surface area contributed by atoms with E-state index in [2.05, 4.69) is 10.3 Å². The molecule has 0 radical (unpaired) electrons. The largest absolute Gasteiger partial charge is 0.496 e. The van der Waals surface area contributed by atoms with E-state index in [1.165, 1.54) is 13.2 Å². The van der Waals surface area contributed by atoms with Gasteiger partial charge in [-0.15, -0.1) is 0 Å². The maximum atomic E-state index is 13.2. The lowest BCUT2D eigenvalue weighted by Crippen LogP contribution is -2.19. The Morgan fingerprint density at radius 3 is 2.67 bits per heavy atom. The molecule has 1 aliphatic heterocycles. The van der Waals surface area contributed by atoms with Gasteiger partial charge < -0.3 is 10.1 Å². The second-order valence-electron chi connectivity index (χ2n) is 5.38. The van der Waals surface area contributed by atoms with Crippen molar-refractivity contribution in [2.45, 2.75) is 6.18 Å². The summed E-state index contributed by atoms with van der Waals surface area (Å²) in [5.41, 5.74) is -0.630. The maximum absolute atomic E-state index is 13.2. The molecule has 2 aromatic rings. The van der Waals surface area contributed by atoms with E-state index in [1.807, 2.05) is 0 Å². The summed E-state index contributed by atoms with van der Waals surface area (Å²) in [6.07, 6.45) is -3.03. The molecule has 0 saturated carbocycles. The lowest BCUT2D eigenvalue weighted by molar-refractivity contribution is -0.137. The van der Waals surface area contributed by atoms with Crippen LogP contribution in [0.4, 0.5) is 18.9 Å². The Morgan fingerprint density at radius 2 is 1.96 bits per heavy atom. The summed E-state index contributed by atoms with van der Waals surface area (Å²) in [5.74, 6) is 0.119. The van der Waals surface area contributed by atoms with Crippen LogP contribution in [0.15, 0.2) is 52.4 Å². The highest BCUT2D eigenvalue weighted by molar-refractivity contribution is 8.18. The number of nitrogens with zero attached hydrogens (tertiary/aromatic N) is 1. The van der Waals surface area contributed by atoms with Gasteiger partial charge in [0.25, 0.3) is 5.91 Å². The fourth-order valence-corrected chi connectivity index (χ4v) is 3.35. The van der Waals surface area contributed by atoms with Gasteiger partial charge in [0.2, 0.25) is 0 Å². The van der Waals surface area contributed by atoms with E-state index in [9.17, 15) is 18.0 Å². The third-order valence-electron chi connectivity index (χ3n) is 3.56. The molecular weight excluding hydrogens is 401 g/mol. The van der Waals surface area contributed by atoms with Crippen LogP contribution >= 0.6 is 23.4 Å². The second kappa shape index (κ2) is 7.66. The molecule has 1 saturated heterocycles. The van der Waals surface area contributed by atoms with E-state index in [4.69, 9.17) is 16.3 Å². The van der Waals surface area contributed by atoms with Gasteiger partial charge in [0.1, 0.15) is 5.75 Å². The van der Waals surface area contributed by atoms with Gasteiger partial charge in [-0.3, -0.25) is 4.79 Å². The van der Waals surface area contributed by atoms with Crippen molar-refractivity contribution in [1.29, 1.82) is 0 Å². The monoisotopic (exact) mass is 412 g/mol. The molecule has 0 aromatic heterocycles. The zero-order valence-electron chi connectivity index (χ0n) is 13.8. The molecule has 9 heteroatoms. The number of nitrogens with one attached hydrogen (secondary N) is 1. The van der Waals surface area contributed by atoms with E-state index < -0.39 is 17.6 Å². The van der Waals surface area contributed by atoms with Gasteiger partial charge in [-0.1, -0.05) is 29.8 Å². The van der Waals surface area contributed by atoms with Gasteiger partial charge in [0.05, 0.1) is 23.3 Å². The fraction of sp³-hybridized carbons (Fsp3) is 0.111. The van der Waals surface area contributed by atoms with Crippen molar-refractivity contribution < 1.29 is 22.7 Å². The van der Waals surface area contributed by atoms with Gasteiger partial charge >= 0.3 is 6.18 Å². The van der Waals surface area contributed by atoms with E-state index in [-0.39, 0.29) is 15.9 Å². The van der Waals surface area contributed by atoms with Crippen molar-refractivity contribution in [3.8, 4) is 5.75 Å². The van der Waals surface area contributed by atoms with Crippen molar-refractivity contribution in [3.63, 3.8) is 0 Å². The third kappa shape index (κ3) is 4.45. The molecular formula is C18H12ClF3N2O2S. The van der Waals surface area contributed by atoms with E-state index >= 15 is 0 Å². The molecule has 0 spiro atoms. The first kappa shape index (κ1) is 19.3. The third-order valence-corrected chi connectivity index (χ3v) is 4.71. The number of hydrogen-bond donors (Lipinski definition) is 1. The summed E-state index contributed by atoms with van der Waals surface area (Å²) in [7, 11) is 1.51. The molecule has 1 N–H and O–H groups in total. The summed E-state index contributed by atoms with van der Waals surface area (Å²) >= 11 is 6.61. The van der Waals surface area contributed by atoms with Gasteiger partial charge in [-0.25, -0.2) is 4.99 Å². The molecule has 0 bridgehead atoms. The number of rotatable bonds is 3. The van der Waals surface area contributed by atoms with Gasteiger partial charge in [0.15, 0.2) is 5.17 Å². The van der Waals surface area contributed by atoms with E-state index in [0.717, 1.165) is 23.9 Å². The summed E-state index contributed by atoms with van der Waals surface area (Å²) < 4.78 is 44.8. The van der Waals surface area contributed by atoms with Crippen LogP contribution in [0.2, 0.25) is 5.02 Å². The minimum atomic E-state index is -4.62. The number of aliphatic imine (C=N–C) groups is 1. The standard InChI is InChI=1S/C18H12ClF3N2O2S/c1-26-14-5-3-2-4-10(14)8-15-16(25)24-17(27-15)23-13-7-6-11(19)9-12(13)18(20,21)22/h2-9H,1H3,(H,23,24,25). The Hall–Kier alpha value is -2.45. The Bertz CT molecular complexity index is 958. The van der Waals surface area contributed by atoms with Crippen LogP contribution in [0.3, 0.4) is 0 Å². The predicted molar refractivity (Wildman–Crippen MR) is 100 cm³/mol. The van der Waals surface area contributed by atoms with Crippen molar-refractivity contribution in [3.05, 3.63) is 63.5 Å². The molecule has 140 valence electrons. The van der Waals surface area contributed by atoms with Crippen LogP contribution in [0.1, 0.15) is 11.1 Å². The first-order chi connectivity index (χ1) is 12.8. The first-order valence-corrected chi connectivity index (χ1v) is 8.77. The highest BCUT2D eigenvalue weighted by Crippen LogP contribution is 2.39. The zero-order chi connectivity index (χ0) is 19.6. The van der Waals surface area contributed by atoms with E-state index in [1.54, 1.807) is 30.3 Å². The number of hydrogen-bond acceptors (Lipinski definition) is 4. The number of para-hydroxylation sites is 1.